The number of nitrogens with one attached hydrogen (secondary N) is 1. The van der Waals surface area contributed by atoms with Gasteiger partial charge in [-0.1, -0.05) is 0 Å². The van der Waals surface area contributed by atoms with Gasteiger partial charge in [0.1, 0.15) is 16.9 Å². The highest BCUT2D eigenvalue weighted by molar-refractivity contribution is 5.95. The van der Waals surface area contributed by atoms with Crippen LogP contribution in [0.5, 0.6) is 0 Å². The van der Waals surface area contributed by atoms with Gasteiger partial charge in [0, 0.05) is 25.3 Å². The summed E-state index contributed by atoms with van der Waals surface area (Å²) in [7, 11) is 1.79. The van der Waals surface area contributed by atoms with E-state index in [9.17, 15) is 27.9 Å². The van der Waals surface area contributed by atoms with Crippen molar-refractivity contribution in [1.29, 1.82) is 0 Å². The number of carbonyl (C=O) groups is 1. The smallest absolute Gasteiger partial charge is 0.420 e. The fourth-order valence-corrected chi connectivity index (χ4v) is 4.47. The number of aromatic carboxylic acids is 1. The zero-order valence-corrected chi connectivity index (χ0v) is 16.9. The Bertz CT molecular complexity index is 1090. The van der Waals surface area contributed by atoms with E-state index >= 15 is 4.39 Å². The van der Waals surface area contributed by atoms with Crippen LogP contribution in [-0.4, -0.2) is 42.3 Å². The minimum Gasteiger partial charge on any atom is -0.477 e. The van der Waals surface area contributed by atoms with Gasteiger partial charge in [0.25, 0.3) is 0 Å². The van der Waals surface area contributed by atoms with Crippen molar-refractivity contribution in [2.45, 2.75) is 37.9 Å². The van der Waals surface area contributed by atoms with Crippen LogP contribution in [0.4, 0.5) is 23.2 Å². The van der Waals surface area contributed by atoms with Gasteiger partial charge < -0.3 is 19.9 Å². The minimum atomic E-state index is -4.92. The van der Waals surface area contributed by atoms with Gasteiger partial charge >= 0.3 is 12.1 Å². The third kappa shape index (κ3) is 3.88. The number of halogens is 4. The molecule has 1 aliphatic carbocycles. The molecule has 10 heteroatoms. The van der Waals surface area contributed by atoms with E-state index in [0.29, 0.717) is 25.8 Å². The summed E-state index contributed by atoms with van der Waals surface area (Å²) in [4.78, 5) is 25.5. The predicted molar refractivity (Wildman–Crippen MR) is 107 cm³/mol. The van der Waals surface area contributed by atoms with Crippen molar-refractivity contribution in [2.75, 3.05) is 31.6 Å². The molecule has 1 aromatic carbocycles. The first-order chi connectivity index (χ1) is 14.6. The number of anilines is 1. The Hall–Kier alpha value is -2.62. The summed E-state index contributed by atoms with van der Waals surface area (Å²) in [5, 5.41) is 11.8. The maximum absolute atomic E-state index is 15.2. The number of benzene rings is 1. The lowest BCUT2D eigenvalue weighted by atomic mass is 10.0. The third-order valence-electron chi connectivity index (χ3n) is 6.10. The lowest BCUT2D eigenvalue weighted by molar-refractivity contribution is -0.136. The van der Waals surface area contributed by atoms with Crippen LogP contribution in [0, 0.1) is 11.7 Å². The molecule has 1 atom stereocenters. The molecule has 1 aromatic heterocycles. The fourth-order valence-electron chi connectivity index (χ4n) is 4.47. The Morgan fingerprint density at radius 1 is 1.29 bits per heavy atom. The molecule has 1 aliphatic heterocycles. The molecule has 2 heterocycles. The van der Waals surface area contributed by atoms with Crippen molar-refractivity contribution < 1.29 is 27.5 Å². The number of carboxylic acid groups (broad SMARTS) is 1. The molecule has 1 saturated heterocycles. The summed E-state index contributed by atoms with van der Waals surface area (Å²) >= 11 is 0. The second-order valence-corrected chi connectivity index (χ2v) is 8.28. The Morgan fingerprint density at radius 2 is 2.00 bits per heavy atom. The molecule has 1 saturated carbocycles. The predicted octanol–water partition coefficient (Wildman–Crippen LogP) is 3.63. The van der Waals surface area contributed by atoms with Crippen molar-refractivity contribution >= 4 is 22.6 Å². The molecule has 0 bridgehead atoms. The van der Waals surface area contributed by atoms with E-state index in [-0.39, 0.29) is 25.0 Å². The molecule has 168 valence electrons. The van der Waals surface area contributed by atoms with Gasteiger partial charge in [-0.05, 0) is 51.3 Å². The van der Waals surface area contributed by atoms with Gasteiger partial charge in [-0.25, -0.2) is 9.18 Å². The molecule has 2 N–H and O–H groups in total. The topological polar surface area (TPSA) is 74.6 Å². The van der Waals surface area contributed by atoms with E-state index in [2.05, 4.69) is 5.32 Å². The van der Waals surface area contributed by atoms with Crippen LogP contribution in [-0.2, 0) is 6.18 Å². The summed E-state index contributed by atoms with van der Waals surface area (Å²) in [6.07, 6.45) is -1.41. The Morgan fingerprint density at radius 3 is 2.58 bits per heavy atom. The monoisotopic (exact) mass is 441 g/mol. The van der Waals surface area contributed by atoms with Gasteiger partial charge in [0.05, 0.1) is 16.6 Å². The van der Waals surface area contributed by atoms with E-state index in [1.165, 1.54) is 9.47 Å². The lowest BCUT2D eigenvalue weighted by Gasteiger charge is -2.27. The zero-order valence-electron chi connectivity index (χ0n) is 16.9. The number of carboxylic acids is 1. The second kappa shape index (κ2) is 7.81. The summed E-state index contributed by atoms with van der Waals surface area (Å²) < 4.78 is 59.4. The number of alkyl halides is 3. The van der Waals surface area contributed by atoms with Crippen LogP contribution in [0.25, 0.3) is 10.9 Å². The number of fused-ring (bicyclic) bond motifs is 1. The lowest BCUT2D eigenvalue weighted by Crippen LogP contribution is -2.28. The molecule has 0 spiro atoms. The Labute approximate surface area is 175 Å². The number of hydrogen-bond donors (Lipinski definition) is 2. The van der Waals surface area contributed by atoms with Crippen LogP contribution in [0.2, 0.25) is 0 Å². The summed E-state index contributed by atoms with van der Waals surface area (Å²) in [6, 6.07) is 0.427. The van der Waals surface area contributed by atoms with Crippen LogP contribution in [0.15, 0.2) is 17.1 Å². The standard InChI is InChI=1S/C21H23F4N3O3/c1-26-6-4-11-5-7-27(9-11)18-15(22)8-13-17(16(18)21(23,24)25)28(12-2-3-12)10-14(19(13)29)20(30)31/h8,10-12,26H,2-7,9H2,1H3,(H,30,31)/t11-/m1/s1. The molecule has 2 fully saturated rings. The highest BCUT2D eigenvalue weighted by Crippen LogP contribution is 2.46. The van der Waals surface area contributed by atoms with Crippen molar-refractivity contribution in [2.24, 2.45) is 5.92 Å². The first-order valence-corrected chi connectivity index (χ1v) is 10.2. The SMILES string of the molecule is CNCC[C@@H]1CCN(c2c(F)cc3c(=O)c(C(=O)O)cn(C4CC4)c3c2C(F)(F)F)C1. The summed E-state index contributed by atoms with van der Waals surface area (Å²) in [5.41, 5.74) is -3.95. The third-order valence-corrected chi connectivity index (χ3v) is 6.10. The van der Waals surface area contributed by atoms with Crippen LogP contribution >= 0.6 is 0 Å². The Balaban J connectivity index is 1.97. The van der Waals surface area contributed by atoms with E-state index in [1.54, 1.807) is 7.05 Å². The molecule has 2 aromatic rings. The van der Waals surface area contributed by atoms with Crippen molar-refractivity contribution in [3.8, 4) is 0 Å². The highest BCUT2D eigenvalue weighted by atomic mass is 19.4. The van der Waals surface area contributed by atoms with E-state index in [0.717, 1.165) is 18.7 Å². The fraction of sp³-hybridized carbons (Fsp3) is 0.524. The van der Waals surface area contributed by atoms with E-state index in [4.69, 9.17) is 0 Å². The normalized spacial score (nSPS) is 19.4. The van der Waals surface area contributed by atoms with Crippen LogP contribution in [0.1, 0.15) is 47.6 Å². The average Bonchev–Trinajstić information content (AvgIpc) is 3.43. The van der Waals surface area contributed by atoms with Crippen LogP contribution in [0.3, 0.4) is 0 Å². The van der Waals surface area contributed by atoms with Crippen LogP contribution < -0.4 is 15.6 Å². The highest BCUT2D eigenvalue weighted by Gasteiger charge is 2.43. The van der Waals surface area contributed by atoms with Gasteiger partial charge in [-0.2, -0.15) is 13.2 Å². The number of rotatable bonds is 6. The maximum Gasteiger partial charge on any atom is 0.420 e. The molecular formula is C21H23F4N3O3. The van der Waals surface area contributed by atoms with Gasteiger partial charge in [0.2, 0.25) is 5.43 Å². The molecule has 0 unspecified atom stereocenters. The number of nitrogens with zero attached hydrogens (tertiary/aromatic N) is 2. The Kier molecular flexibility index (Phi) is 5.45. The second-order valence-electron chi connectivity index (χ2n) is 8.28. The number of aromatic nitrogens is 1. The van der Waals surface area contributed by atoms with Crippen molar-refractivity contribution in [3.05, 3.63) is 39.4 Å². The first kappa shape index (κ1) is 21.6. The van der Waals surface area contributed by atoms with Crippen molar-refractivity contribution in [3.63, 3.8) is 0 Å². The molecule has 0 amide bonds. The van der Waals surface area contributed by atoms with Gasteiger partial charge in [-0.3, -0.25) is 4.79 Å². The molecule has 4 rings (SSSR count). The molecular weight excluding hydrogens is 418 g/mol. The molecule has 31 heavy (non-hydrogen) atoms. The van der Waals surface area contributed by atoms with Gasteiger partial charge in [0.15, 0.2) is 0 Å². The summed E-state index contributed by atoms with van der Waals surface area (Å²) in [5.74, 6) is -2.58. The zero-order chi connectivity index (χ0) is 22.5. The quantitative estimate of drug-likeness (QED) is 0.670. The average molecular weight is 441 g/mol. The first-order valence-electron chi connectivity index (χ1n) is 10.2. The maximum atomic E-state index is 15.2. The van der Waals surface area contributed by atoms with Crippen molar-refractivity contribution in [1.82, 2.24) is 9.88 Å². The largest absolute Gasteiger partial charge is 0.477 e. The minimum absolute atomic E-state index is 0.128. The molecule has 2 aliphatic rings. The number of hydrogen-bond acceptors (Lipinski definition) is 4. The summed E-state index contributed by atoms with van der Waals surface area (Å²) in [6.45, 7) is 1.28. The van der Waals surface area contributed by atoms with E-state index in [1.807, 2.05) is 0 Å². The molecule has 0 radical (unpaired) electrons. The van der Waals surface area contributed by atoms with E-state index < -0.39 is 51.1 Å². The number of pyridine rings is 1. The van der Waals surface area contributed by atoms with Gasteiger partial charge in [-0.15, -0.1) is 0 Å². The molecule has 6 nitrogen and oxygen atoms in total.